The van der Waals surface area contributed by atoms with Crippen molar-refractivity contribution in [3.05, 3.63) is 41.5 Å². The molecule has 114 valence electrons. The lowest BCUT2D eigenvalue weighted by Gasteiger charge is -2.15. The Balaban J connectivity index is 2.43. The minimum absolute atomic E-state index is 0.0797. The molecule has 1 atom stereocenters. The molecule has 0 bridgehead atoms. The van der Waals surface area contributed by atoms with Crippen LogP contribution in [0.4, 0.5) is 19.1 Å². The number of benzene rings is 1. The number of halogens is 3. The minimum atomic E-state index is -1.50. The number of nitrogens with zero attached hydrogens (tertiary/aromatic N) is 2. The van der Waals surface area contributed by atoms with E-state index >= 15 is 0 Å². The first-order valence-electron chi connectivity index (χ1n) is 6.39. The molecular formula is C14H16F3N3O. The fourth-order valence-electron chi connectivity index (χ4n) is 2.00. The molecule has 1 heterocycles. The lowest BCUT2D eigenvalue weighted by Crippen LogP contribution is -2.23. The molecule has 4 nitrogen and oxygen atoms in total. The second kappa shape index (κ2) is 6.17. The predicted octanol–water partition coefficient (Wildman–Crippen LogP) is 3.04. The Morgan fingerprint density at radius 1 is 1.29 bits per heavy atom. The van der Waals surface area contributed by atoms with Crippen molar-refractivity contribution in [3.8, 4) is 5.69 Å². The van der Waals surface area contributed by atoms with E-state index in [0.29, 0.717) is 18.2 Å². The van der Waals surface area contributed by atoms with Gasteiger partial charge in [0.25, 0.3) is 0 Å². The Morgan fingerprint density at radius 2 is 2.00 bits per heavy atom. The van der Waals surface area contributed by atoms with Gasteiger partial charge in [-0.05, 0) is 26.0 Å². The number of anilines is 1. The second-order valence-electron chi connectivity index (χ2n) is 4.77. The van der Waals surface area contributed by atoms with E-state index in [1.165, 1.54) is 16.8 Å². The molecule has 0 saturated heterocycles. The molecule has 21 heavy (non-hydrogen) atoms. The van der Waals surface area contributed by atoms with Crippen molar-refractivity contribution in [2.24, 2.45) is 0 Å². The van der Waals surface area contributed by atoms with Gasteiger partial charge in [-0.3, -0.25) is 4.57 Å². The zero-order chi connectivity index (χ0) is 15.6. The molecule has 0 spiro atoms. The van der Waals surface area contributed by atoms with Crippen LogP contribution in [0.1, 0.15) is 12.6 Å². The topological polar surface area (TPSA) is 39.1 Å². The van der Waals surface area contributed by atoms with Crippen LogP contribution in [0.15, 0.2) is 18.3 Å². The molecule has 0 aliphatic rings. The van der Waals surface area contributed by atoms with Crippen molar-refractivity contribution in [2.45, 2.75) is 19.9 Å². The van der Waals surface area contributed by atoms with Crippen LogP contribution in [0.3, 0.4) is 0 Å². The summed E-state index contributed by atoms with van der Waals surface area (Å²) in [6, 6.07) is 1.97. The molecule has 0 saturated carbocycles. The lowest BCUT2D eigenvalue weighted by atomic mass is 10.2. The number of aryl methyl sites for hydroxylation is 1. The van der Waals surface area contributed by atoms with Gasteiger partial charge in [-0.15, -0.1) is 0 Å². The van der Waals surface area contributed by atoms with Crippen LogP contribution < -0.4 is 5.32 Å². The molecule has 0 amide bonds. The van der Waals surface area contributed by atoms with Gasteiger partial charge in [-0.1, -0.05) is 0 Å². The third-order valence-electron chi connectivity index (χ3n) is 2.89. The third kappa shape index (κ3) is 3.18. The maximum absolute atomic E-state index is 13.9. The Morgan fingerprint density at radius 3 is 2.67 bits per heavy atom. The van der Waals surface area contributed by atoms with Crippen molar-refractivity contribution in [1.29, 1.82) is 0 Å². The minimum Gasteiger partial charge on any atom is -0.383 e. The average molecular weight is 299 g/mol. The van der Waals surface area contributed by atoms with Crippen LogP contribution in [0.2, 0.25) is 0 Å². The summed E-state index contributed by atoms with van der Waals surface area (Å²) in [7, 11) is 1.56. The maximum Gasteiger partial charge on any atom is 0.208 e. The SMILES string of the molecule is COCC(C)Nc1nc(C)cn1-c1ccc(F)c(F)c1F. The van der Waals surface area contributed by atoms with Gasteiger partial charge in [0.2, 0.25) is 5.95 Å². The average Bonchev–Trinajstić information content (AvgIpc) is 2.77. The first kappa shape index (κ1) is 15.4. The van der Waals surface area contributed by atoms with Crippen LogP contribution >= 0.6 is 0 Å². The quantitative estimate of drug-likeness (QED) is 0.863. The highest BCUT2D eigenvalue weighted by Gasteiger charge is 2.18. The summed E-state index contributed by atoms with van der Waals surface area (Å²) in [4.78, 5) is 4.22. The summed E-state index contributed by atoms with van der Waals surface area (Å²) in [5, 5.41) is 3.04. The van der Waals surface area contributed by atoms with E-state index in [2.05, 4.69) is 10.3 Å². The van der Waals surface area contributed by atoms with Crippen molar-refractivity contribution in [2.75, 3.05) is 19.0 Å². The number of ether oxygens (including phenoxy) is 1. The van der Waals surface area contributed by atoms with Gasteiger partial charge < -0.3 is 10.1 Å². The van der Waals surface area contributed by atoms with Crippen LogP contribution in [-0.2, 0) is 4.74 Å². The Labute approximate surface area is 120 Å². The Hall–Kier alpha value is -2.02. The first-order valence-corrected chi connectivity index (χ1v) is 6.39. The van der Waals surface area contributed by atoms with Crippen LogP contribution in [0.25, 0.3) is 5.69 Å². The molecule has 2 aromatic rings. The van der Waals surface area contributed by atoms with Gasteiger partial charge in [0.05, 0.1) is 18.0 Å². The number of methoxy groups -OCH3 is 1. The highest BCUT2D eigenvalue weighted by atomic mass is 19.2. The number of nitrogens with one attached hydrogen (secondary N) is 1. The van der Waals surface area contributed by atoms with Gasteiger partial charge in [0.15, 0.2) is 17.5 Å². The summed E-state index contributed by atoms with van der Waals surface area (Å²) in [5.41, 5.74) is 0.507. The van der Waals surface area contributed by atoms with Crippen molar-refractivity contribution in [1.82, 2.24) is 9.55 Å². The van der Waals surface area contributed by atoms with Crippen molar-refractivity contribution >= 4 is 5.95 Å². The molecule has 1 unspecified atom stereocenters. The number of imidazole rings is 1. The molecule has 1 aromatic carbocycles. The number of hydrogen-bond acceptors (Lipinski definition) is 3. The van der Waals surface area contributed by atoms with Gasteiger partial charge >= 0.3 is 0 Å². The molecule has 1 aromatic heterocycles. The van der Waals surface area contributed by atoms with E-state index in [9.17, 15) is 13.2 Å². The molecule has 2 rings (SSSR count). The predicted molar refractivity (Wildman–Crippen MR) is 73.1 cm³/mol. The summed E-state index contributed by atoms with van der Waals surface area (Å²) in [5.74, 6) is -3.65. The molecule has 0 fully saturated rings. The fraction of sp³-hybridized carbons (Fsp3) is 0.357. The first-order chi connectivity index (χ1) is 9.93. The Bertz CT molecular complexity index is 643. The highest BCUT2D eigenvalue weighted by molar-refractivity contribution is 5.45. The fourth-order valence-corrected chi connectivity index (χ4v) is 2.00. The summed E-state index contributed by atoms with van der Waals surface area (Å²) in [6.45, 7) is 4.01. The molecular weight excluding hydrogens is 283 g/mol. The smallest absolute Gasteiger partial charge is 0.208 e. The zero-order valence-electron chi connectivity index (χ0n) is 12.0. The molecule has 7 heteroatoms. The monoisotopic (exact) mass is 299 g/mol. The van der Waals surface area contributed by atoms with E-state index in [1.807, 2.05) is 6.92 Å². The highest BCUT2D eigenvalue weighted by Crippen LogP contribution is 2.23. The van der Waals surface area contributed by atoms with Gasteiger partial charge in [-0.2, -0.15) is 0 Å². The van der Waals surface area contributed by atoms with Crippen molar-refractivity contribution < 1.29 is 17.9 Å². The normalized spacial score (nSPS) is 12.5. The maximum atomic E-state index is 13.9. The van der Waals surface area contributed by atoms with E-state index in [4.69, 9.17) is 4.74 Å². The number of aromatic nitrogens is 2. The van der Waals surface area contributed by atoms with Crippen molar-refractivity contribution in [3.63, 3.8) is 0 Å². The van der Waals surface area contributed by atoms with Gasteiger partial charge in [0.1, 0.15) is 0 Å². The van der Waals surface area contributed by atoms with Gasteiger partial charge in [-0.25, -0.2) is 18.2 Å². The van der Waals surface area contributed by atoms with Crippen LogP contribution in [-0.4, -0.2) is 29.3 Å². The zero-order valence-corrected chi connectivity index (χ0v) is 12.0. The van der Waals surface area contributed by atoms with E-state index in [1.54, 1.807) is 14.0 Å². The summed E-state index contributed by atoms with van der Waals surface area (Å²) >= 11 is 0. The molecule has 1 N–H and O–H groups in total. The van der Waals surface area contributed by atoms with Crippen LogP contribution in [0, 0.1) is 24.4 Å². The molecule has 0 radical (unpaired) electrons. The largest absolute Gasteiger partial charge is 0.383 e. The number of rotatable bonds is 5. The standard InChI is InChI=1S/C14H16F3N3O/c1-8-6-20(14(18-8)19-9(2)7-21-3)11-5-4-10(15)12(16)13(11)17/h4-6,9H,7H2,1-3H3,(H,18,19). The number of hydrogen-bond donors (Lipinski definition) is 1. The molecule has 0 aliphatic carbocycles. The summed E-state index contributed by atoms with van der Waals surface area (Å²) < 4.78 is 46.7. The van der Waals surface area contributed by atoms with E-state index < -0.39 is 17.5 Å². The van der Waals surface area contributed by atoms with Crippen LogP contribution in [0.5, 0.6) is 0 Å². The lowest BCUT2D eigenvalue weighted by molar-refractivity contribution is 0.190. The Kier molecular flexibility index (Phi) is 4.52. The van der Waals surface area contributed by atoms with E-state index in [0.717, 1.165) is 6.07 Å². The van der Waals surface area contributed by atoms with E-state index in [-0.39, 0.29) is 11.7 Å². The van der Waals surface area contributed by atoms with Gasteiger partial charge in [0, 0.05) is 19.3 Å². The third-order valence-corrected chi connectivity index (χ3v) is 2.89. The summed E-state index contributed by atoms with van der Waals surface area (Å²) in [6.07, 6.45) is 1.54. The second-order valence-corrected chi connectivity index (χ2v) is 4.77. The molecule has 0 aliphatic heterocycles.